The number of hydrogen-bond donors (Lipinski definition) is 0. The van der Waals surface area contributed by atoms with Crippen molar-refractivity contribution in [2.24, 2.45) is 0 Å². The third-order valence-electron chi connectivity index (χ3n) is 6.04. The molecule has 34 heavy (non-hydrogen) atoms. The van der Waals surface area contributed by atoms with E-state index in [0.717, 1.165) is 38.5 Å². The molecule has 0 atom stereocenters. The largest absolute Gasteiger partial charge is 1.00 e. The molecule has 0 heterocycles. The number of rotatable bonds is 25. The normalized spacial score (nSPS) is 11.7. The number of hydrogen-bond acceptors (Lipinski definition) is 6. The van der Waals surface area contributed by atoms with Crippen molar-refractivity contribution in [1.82, 2.24) is 0 Å². The van der Waals surface area contributed by atoms with Crippen molar-refractivity contribution < 1.29 is 85.1 Å². The molecule has 0 N–H and O–H groups in total. The van der Waals surface area contributed by atoms with Crippen LogP contribution in [0, 0.1) is 0 Å². The van der Waals surface area contributed by atoms with Crippen LogP contribution in [0.3, 0.4) is 0 Å². The van der Waals surface area contributed by atoms with Gasteiger partial charge < -0.3 is 9.11 Å². The molecule has 0 radical (unpaired) electrons. The second-order valence-corrected chi connectivity index (χ2v) is 12.3. The standard InChI is InChI=1S/C24H50O6S2.2Na/c25-31(26,27)23-21-19-17-15-13-11-9-7-5-3-1-2-4-6-8-10-12-14-16-18-20-22-24-32(28,29)30;;/h1-24H2,(H,25,26,27)(H,28,29,30);;/q;2*+1/p-2. The first-order valence-electron chi connectivity index (χ1n) is 13.1. The summed E-state index contributed by atoms with van der Waals surface area (Å²) in [6.45, 7) is 0. The summed E-state index contributed by atoms with van der Waals surface area (Å²) < 4.78 is 63.0. The molecule has 0 saturated carbocycles. The third kappa shape index (κ3) is 38.4. The van der Waals surface area contributed by atoms with Gasteiger partial charge in [0.15, 0.2) is 0 Å². The molecule has 0 fully saturated rings. The van der Waals surface area contributed by atoms with Crippen LogP contribution in [0.1, 0.15) is 141 Å². The van der Waals surface area contributed by atoms with Gasteiger partial charge in [-0.3, -0.25) is 0 Å². The Bertz CT molecular complexity index is 559. The summed E-state index contributed by atoms with van der Waals surface area (Å²) in [5, 5.41) is 0. The molecule has 0 aromatic rings. The Morgan fingerprint density at radius 2 is 0.412 bits per heavy atom. The molecule has 6 nitrogen and oxygen atoms in total. The zero-order valence-corrected chi connectivity index (χ0v) is 27.9. The van der Waals surface area contributed by atoms with Crippen molar-refractivity contribution in [1.29, 1.82) is 0 Å². The molecule has 0 rings (SSSR count). The molecule has 194 valence electrons. The summed E-state index contributed by atoms with van der Waals surface area (Å²) in [6, 6.07) is 0. The zero-order valence-electron chi connectivity index (χ0n) is 22.2. The summed E-state index contributed by atoms with van der Waals surface area (Å²) in [5.41, 5.74) is 0. The molecule has 0 aromatic heterocycles. The second kappa shape index (κ2) is 27.8. The van der Waals surface area contributed by atoms with Crippen LogP contribution >= 0.6 is 0 Å². The Labute approximate surface area is 255 Å². The van der Waals surface area contributed by atoms with Crippen molar-refractivity contribution in [3.05, 3.63) is 0 Å². The first-order chi connectivity index (χ1) is 15.2. The molecule has 0 saturated heterocycles. The van der Waals surface area contributed by atoms with Crippen LogP contribution < -0.4 is 59.1 Å². The van der Waals surface area contributed by atoms with Crippen LogP contribution in [-0.4, -0.2) is 37.4 Å². The average Bonchev–Trinajstić information content (AvgIpc) is 2.69. The van der Waals surface area contributed by atoms with Crippen LogP contribution in [0.25, 0.3) is 0 Å². The Hall–Kier alpha value is 1.82. The van der Waals surface area contributed by atoms with Crippen molar-refractivity contribution in [2.45, 2.75) is 141 Å². The van der Waals surface area contributed by atoms with Gasteiger partial charge in [0.1, 0.15) is 0 Å². The SMILES string of the molecule is O=S(=O)([O-])CCCCCCCCCCCCCCCCCCCCCCCCS(=O)(=O)[O-].[Na+].[Na+]. The Morgan fingerprint density at radius 3 is 0.529 bits per heavy atom. The molecule has 0 amide bonds. The summed E-state index contributed by atoms with van der Waals surface area (Å²) >= 11 is 0. The van der Waals surface area contributed by atoms with Crippen molar-refractivity contribution in [2.75, 3.05) is 11.5 Å². The topological polar surface area (TPSA) is 114 Å². The Balaban J connectivity index is -0.00000480. The van der Waals surface area contributed by atoms with E-state index < -0.39 is 20.2 Å². The van der Waals surface area contributed by atoms with Crippen LogP contribution in [0.5, 0.6) is 0 Å². The molecular weight excluding hydrogens is 494 g/mol. The first kappa shape index (κ1) is 40.3. The fourth-order valence-corrected chi connectivity index (χ4v) is 5.21. The van der Waals surface area contributed by atoms with Gasteiger partial charge in [-0.25, -0.2) is 16.8 Å². The first-order valence-corrected chi connectivity index (χ1v) is 16.2. The average molecular weight is 543 g/mol. The number of unbranched alkanes of at least 4 members (excludes halogenated alkanes) is 21. The van der Waals surface area contributed by atoms with Gasteiger partial charge in [0.05, 0.1) is 20.2 Å². The van der Waals surface area contributed by atoms with Gasteiger partial charge in [-0.2, -0.15) is 0 Å². The van der Waals surface area contributed by atoms with E-state index in [1.165, 1.54) is 89.9 Å². The molecular formula is C24H48Na2O6S2. The maximum Gasteiger partial charge on any atom is 1.00 e. The van der Waals surface area contributed by atoms with E-state index in [2.05, 4.69) is 0 Å². The van der Waals surface area contributed by atoms with Crippen LogP contribution in [0.15, 0.2) is 0 Å². The maximum atomic E-state index is 10.5. The molecule has 0 spiro atoms. The summed E-state index contributed by atoms with van der Waals surface area (Å²) in [6.07, 6.45) is 25.3. The van der Waals surface area contributed by atoms with E-state index in [1.54, 1.807) is 0 Å². The monoisotopic (exact) mass is 542 g/mol. The van der Waals surface area contributed by atoms with Gasteiger partial charge in [0.25, 0.3) is 0 Å². The minimum absolute atomic E-state index is 0. The Kier molecular flexibility index (Phi) is 33.0. The summed E-state index contributed by atoms with van der Waals surface area (Å²) in [7, 11) is -8.05. The summed E-state index contributed by atoms with van der Waals surface area (Å²) in [4.78, 5) is 0. The quantitative estimate of drug-likeness (QED) is 0.0952. The molecule has 0 unspecified atom stereocenters. The van der Waals surface area contributed by atoms with Gasteiger partial charge in [-0.05, 0) is 12.8 Å². The zero-order chi connectivity index (χ0) is 24.0. The minimum Gasteiger partial charge on any atom is -0.748 e. The third-order valence-corrected chi connectivity index (χ3v) is 7.62. The summed E-state index contributed by atoms with van der Waals surface area (Å²) in [5.74, 6) is -0.422. The van der Waals surface area contributed by atoms with E-state index in [-0.39, 0.29) is 70.6 Å². The molecule has 0 aliphatic rings. The Morgan fingerprint density at radius 1 is 0.294 bits per heavy atom. The molecule has 0 aliphatic heterocycles. The van der Waals surface area contributed by atoms with Gasteiger partial charge in [-0.1, -0.05) is 128 Å². The predicted octanol–water partition coefficient (Wildman–Crippen LogP) is 0.667. The molecule has 0 bridgehead atoms. The van der Waals surface area contributed by atoms with E-state index >= 15 is 0 Å². The van der Waals surface area contributed by atoms with Crippen LogP contribution in [-0.2, 0) is 20.2 Å². The smallest absolute Gasteiger partial charge is 0.748 e. The second-order valence-electron chi connectivity index (χ2n) is 9.30. The van der Waals surface area contributed by atoms with E-state index in [0.29, 0.717) is 12.8 Å². The van der Waals surface area contributed by atoms with E-state index in [1.807, 2.05) is 0 Å². The van der Waals surface area contributed by atoms with Crippen LogP contribution in [0.2, 0.25) is 0 Å². The fraction of sp³-hybridized carbons (Fsp3) is 1.00. The van der Waals surface area contributed by atoms with Crippen LogP contribution in [0.4, 0.5) is 0 Å². The predicted molar refractivity (Wildman–Crippen MR) is 131 cm³/mol. The van der Waals surface area contributed by atoms with Gasteiger partial charge in [0.2, 0.25) is 0 Å². The van der Waals surface area contributed by atoms with Gasteiger partial charge in [-0.15, -0.1) is 0 Å². The van der Waals surface area contributed by atoms with E-state index in [9.17, 15) is 25.9 Å². The minimum atomic E-state index is -4.02. The fourth-order valence-electron chi connectivity index (χ4n) is 4.09. The maximum absolute atomic E-state index is 10.5. The molecule has 0 aromatic carbocycles. The van der Waals surface area contributed by atoms with Gasteiger partial charge >= 0.3 is 59.1 Å². The van der Waals surface area contributed by atoms with Gasteiger partial charge in [0, 0.05) is 11.5 Å². The molecule has 0 aliphatic carbocycles. The molecule has 10 heteroatoms. The van der Waals surface area contributed by atoms with Crippen molar-refractivity contribution >= 4 is 20.2 Å². The van der Waals surface area contributed by atoms with Crippen molar-refractivity contribution in [3.63, 3.8) is 0 Å². The van der Waals surface area contributed by atoms with E-state index in [4.69, 9.17) is 0 Å². The van der Waals surface area contributed by atoms with Crippen molar-refractivity contribution in [3.8, 4) is 0 Å².